The Bertz CT molecular complexity index is 767. The number of aryl methyl sites for hydroxylation is 1. The minimum Gasteiger partial charge on any atom is -0.345 e. The number of rotatable bonds is 5. The van der Waals surface area contributed by atoms with Crippen LogP contribution in [0.25, 0.3) is 11.4 Å². The van der Waals surface area contributed by atoms with Gasteiger partial charge in [-0.3, -0.25) is 4.79 Å². The fraction of sp³-hybridized carbons (Fsp3) is 0.125. The van der Waals surface area contributed by atoms with Gasteiger partial charge in [0.25, 0.3) is 0 Å². The van der Waals surface area contributed by atoms with Gasteiger partial charge in [0.1, 0.15) is 5.82 Å². The molecule has 0 aliphatic heterocycles. The molecule has 3 aromatic rings. The van der Waals surface area contributed by atoms with Gasteiger partial charge in [-0.1, -0.05) is 23.7 Å². The lowest BCUT2D eigenvalue weighted by molar-refractivity contribution is -0.116. The molecular formula is C16H14ClN3OS. The van der Waals surface area contributed by atoms with Crippen molar-refractivity contribution in [1.82, 2.24) is 9.97 Å². The minimum absolute atomic E-state index is 0.0129. The number of imidazole rings is 1. The summed E-state index contributed by atoms with van der Waals surface area (Å²) in [7, 11) is 0. The first-order valence-electron chi connectivity index (χ1n) is 6.84. The molecule has 112 valence electrons. The average molecular weight is 332 g/mol. The first-order valence-corrected chi connectivity index (χ1v) is 8.04. The maximum absolute atomic E-state index is 12.0. The van der Waals surface area contributed by atoms with Crippen molar-refractivity contribution in [3.63, 3.8) is 0 Å². The quantitative estimate of drug-likeness (QED) is 0.729. The van der Waals surface area contributed by atoms with E-state index >= 15 is 0 Å². The zero-order valence-corrected chi connectivity index (χ0v) is 13.2. The maximum atomic E-state index is 12.0. The number of amides is 1. The molecular weight excluding hydrogens is 318 g/mol. The number of aromatic nitrogens is 2. The van der Waals surface area contributed by atoms with Crippen molar-refractivity contribution >= 4 is 34.5 Å². The van der Waals surface area contributed by atoms with Gasteiger partial charge < -0.3 is 10.3 Å². The molecule has 0 spiro atoms. The van der Waals surface area contributed by atoms with E-state index in [4.69, 9.17) is 11.6 Å². The van der Waals surface area contributed by atoms with Crippen LogP contribution in [-0.4, -0.2) is 15.9 Å². The molecule has 22 heavy (non-hydrogen) atoms. The number of carbonyl (C=O) groups is 1. The highest BCUT2D eigenvalue weighted by Gasteiger charge is 2.06. The van der Waals surface area contributed by atoms with Crippen molar-refractivity contribution in [2.75, 3.05) is 5.32 Å². The third-order valence-electron chi connectivity index (χ3n) is 3.15. The fourth-order valence-corrected chi connectivity index (χ4v) is 3.20. The lowest BCUT2D eigenvalue weighted by Gasteiger charge is -2.06. The molecule has 0 radical (unpaired) electrons. The van der Waals surface area contributed by atoms with Crippen molar-refractivity contribution in [2.24, 2.45) is 0 Å². The first-order chi connectivity index (χ1) is 10.7. The van der Waals surface area contributed by atoms with E-state index in [9.17, 15) is 4.79 Å². The topological polar surface area (TPSA) is 57.8 Å². The first kappa shape index (κ1) is 14.8. The molecule has 0 bridgehead atoms. The number of nitrogens with zero attached hydrogens (tertiary/aromatic N) is 1. The van der Waals surface area contributed by atoms with Crippen LogP contribution < -0.4 is 5.32 Å². The van der Waals surface area contributed by atoms with Gasteiger partial charge in [0.2, 0.25) is 5.91 Å². The molecule has 0 fully saturated rings. The number of benzene rings is 1. The summed E-state index contributed by atoms with van der Waals surface area (Å²) in [4.78, 5) is 20.4. The molecule has 4 nitrogen and oxygen atoms in total. The van der Waals surface area contributed by atoms with Crippen molar-refractivity contribution in [1.29, 1.82) is 0 Å². The van der Waals surface area contributed by atoms with Crippen LogP contribution in [0.4, 0.5) is 5.69 Å². The van der Waals surface area contributed by atoms with Gasteiger partial charge in [-0.2, -0.15) is 0 Å². The monoisotopic (exact) mass is 331 g/mol. The standard InChI is InChI=1S/C16H14ClN3OS/c17-14-6-4-13(22-14)5-7-15(21)20-12-3-1-2-11(10-12)16-18-8-9-19-16/h1-4,6,8-10H,5,7H2,(H,18,19)(H,20,21). The van der Waals surface area contributed by atoms with E-state index in [0.717, 1.165) is 26.3 Å². The molecule has 0 unspecified atom stereocenters. The summed E-state index contributed by atoms with van der Waals surface area (Å²) in [6.45, 7) is 0. The fourth-order valence-electron chi connectivity index (χ4n) is 2.11. The molecule has 3 rings (SSSR count). The van der Waals surface area contributed by atoms with Crippen LogP contribution in [0.1, 0.15) is 11.3 Å². The zero-order valence-electron chi connectivity index (χ0n) is 11.7. The van der Waals surface area contributed by atoms with Crippen LogP contribution in [0.5, 0.6) is 0 Å². The predicted molar refractivity (Wildman–Crippen MR) is 90.3 cm³/mol. The molecule has 6 heteroatoms. The number of nitrogens with one attached hydrogen (secondary N) is 2. The number of hydrogen-bond donors (Lipinski definition) is 2. The average Bonchev–Trinajstić information content (AvgIpc) is 3.17. The molecule has 0 saturated heterocycles. The van der Waals surface area contributed by atoms with Gasteiger partial charge in [-0.15, -0.1) is 11.3 Å². The SMILES string of the molecule is O=C(CCc1ccc(Cl)s1)Nc1cccc(-c2ncc[nH]2)c1. The number of thiophene rings is 1. The van der Waals surface area contributed by atoms with Crippen molar-refractivity contribution in [2.45, 2.75) is 12.8 Å². The van der Waals surface area contributed by atoms with Gasteiger partial charge in [0, 0.05) is 34.9 Å². The Hall–Kier alpha value is -2.11. The normalized spacial score (nSPS) is 10.6. The van der Waals surface area contributed by atoms with Gasteiger partial charge in [-0.25, -0.2) is 4.98 Å². The third kappa shape index (κ3) is 3.75. The summed E-state index contributed by atoms with van der Waals surface area (Å²) in [5, 5.41) is 2.91. The molecule has 2 heterocycles. The van der Waals surface area contributed by atoms with Gasteiger partial charge in [0.05, 0.1) is 4.34 Å². The summed E-state index contributed by atoms with van der Waals surface area (Å²) in [6.07, 6.45) is 4.60. The molecule has 0 atom stereocenters. The van der Waals surface area contributed by atoms with E-state index in [-0.39, 0.29) is 5.91 Å². The Balaban J connectivity index is 1.60. The second-order valence-electron chi connectivity index (χ2n) is 4.77. The molecule has 0 saturated carbocycles. The molecule has 2 N–H and O–H groups in total. The van der Waals surface area contributed by atoms with Gasteiger partial charge in [0.15, 0.2) is 0 Å². The number of halogens is 1. The number of hydrogen-bond acceptors (Lipinski definition) is 3. The summed E-state index contributed by atoms with van der Waals surface area (Å²) >= 11 is 7.39. The van der Waals surface area contributed by atoms with Crippen LogP contribution >= 0.6 is 22.9 Å². The Morgan fingerprint density at radius 3 is 2.95 bits per heavy atom. The number of H-pyrrole nitrogens is 1. The van der Waals surface area contributed by atoms with E-state index in [1.807, 2.05) is 36.4 Å². The highest BCUT2D eigenvalue weighted by atomic mass is 35.5. The number of anilines is 1. The Morgan fingerprint density at radius 2 is 2.23 bits per heavy atom. The second-order valence-corrected chi connectivity index (χ2v) is 6.57. The zero-order chi connectivity index (χ0) is 15.4. The smallest absolute Gasteiger partial charge is 0.224 e. The van der Waals surface area contributed by atoms with Crippen molar-refractivity contribution in [3.8, 4) is 11.4 Å². The Labute approximate surface area is 137 Å². The summed E-state index contributed by atoms with van der Waals surface area (Å²) in [5.41, 5.74) is 1.70. The molecule has 1 amide bonds. The molecule has 2 aromatic heterocycles. The summed E-state index contributed by atoms with van der Waals surface area (Å²) in [5.74, 6) is 0.769. The Kier molecular flexibility index (Phi) is 4.56. The van der Waals surface area contributed by atoms with E-state index < -0.39 is 0 Å². The van der Waals surface area contributed by atoms with Crippen molar-refractivity contribution < 1.29 is 4.79 Å². The van der Waals surface area contributed by atoms with Crippen LogP contribution in [0.3, 0.4) is 0 Å². The molecule has 0 aliphatic carbocycles. The van der Waals surface area contributed by atoms with Crippen LogP contribution in [0, 0.1) is 0 Å². The van der Waals surface area contributed by atoms with E-state index in [0.29, 0.717) is 12.8 Å². The summed E-state index contributed by atoms with van der Waals surface area (Å²) < 4.78 is 0.751. The second kappa shape index (κ2) is 6.77. The van der Waals surface area contributed by atoms with E-state index in [2.05, 4.69) is 15.3 Å². The third-order valence-corrected chi connectivity index (χ3v) is 4.44. The predicted octanol–water partition coefficient (Wildman–Crippen LogP) is 4.36. The minimum atomic E-state index is -0.0129. The lowest BCUT2D eigenvalue weighted by atomic mass is 10.2. The van der Waals surface area contributed by atoms with E-state index in [1.54, 1.807) is 12.4 Å². The highest BCUT2D eigenvalue weighted by Crippen LogP contribution is 2.23. The van der Waals surface area contributed by atoms with Gasteiger partial charge in [-0.05, 0) is 30.7 Å². The van der Waals surface area contributed by atoms with Crippen LogP contribution in [0.2, 0.25) is 4.34 Å². The maximum Gasteiger partial charge on any atom is 0.224 e. The van der Waals surface area contributed by atoms with Crippen LogP contribution in [0.15, 0.2) is 48.8 Å². The highest BCUT2D eigenvalue weighted by molar-refractivity contribution is 7.16. The van der Waals surface area contributed by atoms with Gasteiger partial charge >= 0.3 is 0 Å². The number of aromatic amines is 1. The molecule has 1 aromatic carbocycles. The van der Waals surface area contributed by atoms with E-state index in [1.165, 1.54) is 11.3 Å². The largest absolute Gasteiger partial charge is 0.345 e. The summed E-state index contributed by atoms with van der Waals surface area (Å²) in [6, 6.07) is 11.4. The molecule has 0 aliphatic rings. The van der Waals surface area contributed by atoms with Crippen molar-refractivity contribution in [3.05, 3.63) is 58.0 Å². The Morgan fingerprint density at radius 1 is 1.32 bits per heavy atom. The lowest BCUT2D eigenvalue weighted by Crippen LogP contribution is -2.12. The van der Waals surface area contributed by atoms with Crippen LogP contribution in [-0.2, 0) is 11.2 Å². The number of carbonyl (C=O) groups excluding carboxylic acids is 1.